The number of carbonyl (C=O) groups excluding carboxylic acids is 1. The smallest absolute Gasteiger partial charge is 0.161 e. The highest BCUT2D eigenvalue weighted by Crippen LogP contribution is 2.31. The Morgan fingerprint density at radius 1 is 1.14 bits per heavy atom. The van der Waals surface area contributed by atoms with Crippen molar-refractivity contribution >= 4 is 39.9 Å². The van der Waals surface area contributed by atoms with Crippen molar-refractivity contribution < 1.29 is 4.79 Å². The summed E-state index contributed by atoms with van der Waals surface area (Å²) in [5.74, 6) is -0.0606. The predicted molar refractivity (Wildman–Crippen MR) is 87.6 cm³/mol. The van der Waals surface area contributed by atoms with E-state index in [4.69, 9.17) is 23.2 Å². The average molecular weight is 318 g/mol. The minimum absolute atomic E-state index is 0.0606. The molecule has 0 spiro atoms. The molecule has 1 aromatic heterocycles. The van der Waals surface area contributed by atoms with Crippen LogP contribution in [-0.4, -0.2) is 10.8 Å². The molecule has 1 N–H and O–H groups in total. The van der Waals surface area contributed by atoms with E-state index < -0.39 is 0 Å². The molecule has 0 saturated heterocycles. The van der Waals surface area contributed by atoms with Gasteiger partial charge in [0.05, 0.1) is 5.02 Å². The third kappa shape index (κ3) is 2.69. The first-order chi connectivity index (χ1) is 10.1. The molecule has 2 aromatic carbocycles. The molecular formula is C17H13Cl2NO. The Morgan fingerprint density at radius 2 is 1.90 bits per heavy atom. The highest BCUT2D eigenvalue weighted by atomic mass is 35.5. The average Bonchev–Trinajstić information content (AvgIpc) is 2.85. The maximum absolute atomic E-state index is 11.6. The molecule has 2 nitrogen and oxygen atoms in total. The van der Waals surface area contributed by atoms with Gasteiger partial charge in [0, 0.05) is 28.2 Å². The van der Waals surface area contributed by atoms with Gasteiger partial charge in [0.25, 0.3) is 0 Å². The molecule has 106 valence electrons. The van der Waals surface area contributed by atoms with E-state index in [0.717, 1.165) is 22.2 Å². The number of carbonyl (C=O) groups is 1. The number of Topliss-reactive ketones (excluding diaryl/α,β-unsaturated/α-hetero) is 1. The standard InChI is InChI=1S/C17H13Cl2NO/c1-10(21)13-6-7-15(18)14(17(13)19)9-12-8-11-4-2-3-5-16(11)20-12/h2-8,20H,9H2,1H3. The number of aromatic amines is 1. The van der Waals surface area contributed by atoms with Gasteiger partial charge in [-0.05, 0) is 42.1 Å². The van der Waals surface area contributed by atoms with Gasteiger partial charge in [-0.25, -0.2) is 0 Å². The van der Waals surface area contributed by atoms with Crippen LogP contribution in [0.4, 0.5) is 0 Å². The van der Waals surface area contributed by atoms with E-state index in [0.29, 0.717) is 22.0 Å². The first kappa shape index (κ1) is 14.2. The van der Waals surface area contributed by atoms with Gasteiger partial charge >= 0.3 is 0 Å². The van der Waals surface area contributed by atoms with Gasteiger partial charge < -0.3 is 4.98 Å². The minimum Gasteiger partial charge on any atom is -0.358 e. The number of para-hydroxylation sites is 1. The summed E-state index contributed by atoms with van der Waals surface area (Å²) in [7, 11) is 0. The van der Waals surface area contributed by atoms with Crippen molar-refractivity contribution in [2.45, 2.75) is 13.3 Å². The molecular weight excluding hydrogens is 305 g/mol. The number of H-pyrrole nitrogens is 1. The fourth-order valence-electron chi connectivity index (χ4n) is 2.45. The number of fused-ring (bicyclic) bond motifs is 1. The van der Waals surface area contributed by atoms with Gasteiger partial charge in [-0.15, -0.1) is 0 Å². The molecule has 0 amide bonds. The van der Waals surface area contributed by atoms with E-state index in [2.05, 4.69) is 11.1 Å². The van der Waals surface area contributed by atoms with Crippen molar-refractivity contribution in [2.24, 2.45) is 0 Å². The number of aromatic nitrogens is 1. The lowest BCUT2D eigenvalue weighted by atomic mass is 10.0. The van der Waals surface area contributed by atoms with Gasteiger partial charge in [0.1, 0.15) is 0 Å². The van der Waals surface area contributed by atoms with E-state index >= 15 is 0 Å². The molecule has 0 saturated carbocycles. The monoisotopic (exact) mass is 317 g/mol. The largest absolute Gasteiger partial charge is 0.358 e. The second-order valence-corrected chi connectivity index (χ2v) is 5.79. The first-order valence-corrected chi connectivity index (χ1v) is 7.36. The number of nitrogens with one attached hydrogen (secondary N) is 1. The van der Waals surface area contributed by atoms with Gasteiger partial charge in [-0.2, -0.15) is 0 Å². The van der Waals surface area contributed by atoms with Crippen molar-refractivity contribution in [1.82, 2.24) is 4.98 Å². The number of benzene rings is 2. The van der Waals surface area contributed by atoms with Crippen LogP contribution >= 0.6 is 23.2 Å². The third-order valence-corrected chi connectivity index (χ3v) is 4.30. The number of halogens is 2. The van der Waals surface area contributed by atoms with Gasteiger partial charge in [-0.3, -0.25) is 4.79 Å². The summed E-state index contributed by atoms with van der Waals surface area (Å²) < 4.78 is 0. The Bertz CT molecular complexity index is 803. The van der Waals surface area contributed by atoms with Crippen LogP contribution in [0.1, 0.15) is 28.5 Å². The van der Waals surface area contributed by atoms with Crippen molar-refractivity contribution in [3.05, 3.63) is 69.3 Å². The molecule has 0 unspecified atom stereocenters. The van der Waals surface area contributed by atoms with Crippen molar-refractivity contribution in [3.8, 4) is 0 Å². The molecule has 0 aliphatic rings. The van der Waals surface area contributed by atoms with Crippen LogP contribution in [0.25, 0.3) is 10.9 Å². The van der Waals surface area contributed by atoms with E-state index in [-0.39, 0.29) is 5.78 Å². The zero-order chi connectivity index (χ0) is 15.0. The molecule has 0 aliphatic heterocycles. The van der Waals surface area contributed by atoms with Crippen molar-refractivity contribution in [1.29, 1.82) is 0 Å². The van der Waals surface area contributed by atoms with Gasteiger partial charge in [-0.1, -0.05) is 41.4 Å². The quantitative estimate of drug-likeness (QED) is 0.656. The van der Waals surface area contributed by atoms with E-state index in [1.165, 1.54) is 6.92 Å². The molecule has 0 fully saturated rings. The Kier molecular flexibility index (Phi) is 3.75. The van der Waals surface area contributed by atoms with E-state index in [1.54, 1.807) is 12.1 Å². The highest BCUT2D eigenvalue weighted by molar-refractivity contribution is 6.38. The SMILES string of the molecule is CC(=O)c1ccc(Cl)c(Cc2cc3ccccc3[nH]2)c1Cl. The predicted octanol–water partition coefficient (Wildman–Crippen LogP) is 5.27. The lowest BCUT2D eigenvalue weighted by Gasteiger charge is -2.09. The summed E-state index contributed by atoms with van der Waals surface area (Å²) in [6, 6.07) is 13.5. The van der Waals surface area contributed by atoms with Crippen molar-refractivity contribution in [2.75, 3.05) is 0 Å². The summed E-state index contributed by atoms with van der Waals surface area (Å²) in [6.07, 6.45) is 0.563. The first-order valence-electron chi connectivity index (χ1n) is 6.60. The molecule has 21 heavy (non-hydrogen) atoms. The summed E-state index contributed by atoms with van der Waals surface area (Å²) in [5, 5.41) is 2.15. The highest BCUT2D eigenvalue weighted by Gasteiger charge is 2.14. The van der Waals surface area contributed by atoms with Crippen LogP contribution in [0, 0.1) is 0 Å². The minimum atomic E-state index is -0.0606. The van der Waals surface area contributed by atoms with Crippen LogP contribution in [-0.2, 0) is 6.42 Å². The Balaban J connectivity index is 2.04. The summed E-state index contributed by atoms with van der Waals surface area (Å²) >= 11 is 12.6. The van der Waals surface area contributed by atoms with Gasteiger partial charge in [0.2, 0.25) is 0 Å². The molecule has 1 heterocycles. The van der Waals surface area contributed by atoms with Crippen LogP contribution in [0.2, 0.25) is 10.0 Å². The zero-order valence-corrected chi connectivity index (χ0v) is 12.9. The maximum atomic E-state index is 11.6. The number of hydrogen-bond donors (Lipinski definition) is 1. The zero-order valence-electron chi connectivity index (χ0n) is 11.4. The Labute approximate surface area is 132 Å². The molecule has 3 aromatic rings. The molecule has 3 rings (SSSR count). The third-order valence-electron chi connectivity index (χ3n) is 3.52. The van der Waals surface area contributed by atoms with Crippen LogP contribution < -0.4 is 0 Å². The molecule has 0 bridgehead atoms. The Hall–Kier alpha value is -1.77. The lowest BCUT2D eigenvalue weighted by Crippen LogP contribution is -1.99. The topological polar surface area (TPSA) is 32.9 Å². The van der Waals surface area contributed by atoms with E-state index in [9.17, 15) is 4.79 Å². The fraction of sp³-hybridized carbons (Fsp3) is 0.118. The molecule has 0 atom stereocenters. The molecule has 0 aliphatic carbocycles. The summed E-state index contributed by atoms with van der Waals surface area (Å²) in [4.78, 5) is 14.9. The maximum Gasteiger partial charge on any atom is 0.161 e. The fourth-order valence-corrected chi connectivity index (χ4v) is 3.09. The van der Waals surface area contributed by atoms with E-state index in [1.807, 2.05) is 24.3 Å². The molecule has 0 radical (unpaired) electrons. The van der Waals surface area contributed by atoms with Crippen LogP contribution in [0.15, 0.2) is 42.5 Å². The molecule has 4 heteroatoms. The number of hydrogen-bond acceptors (Lipinski definition) is 1. The van der Waals surface area contributed by atoms with Crippen molar-refractivity contribution in [3.63, 3.8) is 0 Å². The summed E-state index contributed by atoms with van der Waals surface area (Å²) in [6.45, 7) is 1.50. The second kappa shape index (κ2) is 5.55. The summed E-state index contributed by atoms with van der Waals surface area (Å²) in [5.41, 5.74) is 3.37. The number of ketones is 1. The van der Waals surface area contributed by atoms with Crippen LogP contribution in [0.3, 0.4) is 0 Å². The van der Waals surface area contributed by atoms with Crippen LogP contribution in [0.5, 0.6) is 0 Å². The van der Waals surface area contributed by atoms with Gasteiger partial charge in [0.15, 0.2) is 5.78 Å². The Morgan fingerprint density at radius 3 is 2.62 bits per heavy atom. The lowest BCUT2D eigenvalue weighted by molar-refractivity contribution is 0.101. The second-order valence-electron chi connectivity index (χ2n) is 5.00. The normalized spacial score (nSPS) is 11.0. The number of rotatable bonds is 3.